The Hall–Kier alpha value is -3.22. The van der Waals surface area contributed by atoms with Crippen LogP contribution < -0.4 is 11.1 Å². The molecule has 1 saturated carbocycles. The number of H-pyrrole nitrogens is 1. The van der Waals surface area contributed by atoms with Crippen LogP contribution in [0.4, 0.5) is 4.39 Å². The Labute approximate surface area is 160 Å². The van der Waals surface area contributed by atoms with Crippen LogP contribution in [0.3, 0.4) is 0 Å². The van der Waals surface area contributed by atoms with E-state index in [1.807, 2.05) is 0 Å². The van der Waals surface area contributed by atoms with E-state index in [4.69, 9.17) is 0 Å². The third-order valence-corrected chi connectivity index (χ3v) is 5.04. The average molecular weight is 381 g/mol. The number of rotatable bonds is 6. The molecule has 144 valence electrons. The molecule has 4 rings (SSSR count). The van der Waals surface area contributed by atoms with E-state index in [-0.39, 0.29) is 48.4 Å². The van der Waals surface area contributed by atoms with Crippen LogP contribution in [0.1, 0.15) is 24.8 Å². The maximum absolute atomic E-state index is 14.0. The number of carbonyl (C=O) groups is 1. The fourth-order valence-electron chi connectivity index (χ4n) is 3.37. The average Bonchev–Trinajstić information content (AvgIpc) is 3.54. The fraction of sp³-hybridized carbons (Fsp3) is 0.286. The Morgan fingerprint density at radius 3 is 2.46 bits per heavy atom. The van der Waals surface area contributed by atoms with Crippen LogP contribution in [-0.4, -0.2) is 26.6 Å². The smallest absolute Gasteiger partial charge is 0.273 e. The standard InChI is InChI=1S/C21H20FN3O3/c22-18-8-4-1-5-14(18)13-24(15-9-10-15)19(26)11-12-25-21(28)17-7-3-2-6-16(17)20(27)23-25/h1-8,15H,9-13H2,(H,23,27). The fourth-order valence-corrected chi connectivity index (χ4v) is 3.37. The van der Waals surface area contributed by atoms with Crippen molar-refractivity contribution in [2.24, 2.45) is 0 Å². The molecule has 6 nitrogen and oxygen atoms in total. The third kappa shape index (κ3) is 3.60. The zero-order chi connectivity index (χ0) is 19.7. The van der Waals surface area contributed by atoms with Crippen molar-refractivity contribution in [3.05, 3.63) is 80.6 Å². The summed E-state index contributed by atoms with van der Waals surface area (Å²) in [4.78, 5) is 39.2. The summed E-state index contributed by atoms with van der Waals surface area (Å²) in [5, 5.41) is 3.19. The van der Waals surface area contributed by atoms with Crippen molar-refractivity contribution in [3.8, 4) is 0 Å². The van der Waals surface area contributed by atoms with E-state index in [2.05, 4.69) is 5.10 Å². The first-order chi connectivity index (χ1) is 13.5. The first-order valence-electron chi connectivity index (χ1n) is 9.29. The largest absolute Gasteiger partial charge is 0.335 e. The molecule has 28 heavy (non-hydrogen) atoms. The predicted octanol–water partition coefficient (Wildman–Crippen LogP) is 2.41. The molecule has 0 spiro atoms. The quantitative estimate of drug-likeness (QED) is 0.713. The molecule has 0 unspecified atom stereocenters. The molecular formula is C21H20FN3O3. The number of aryl methyl sites for hydroxylation is 1. The van der Waals surface area contributed by atoms with Crippen LogP contribution in [0.5, 0.6) is 0 Å². The Morgan fingerprint density at radius 1 is 1.07 bits per heavy atom. The van der Waals surface area contributed by atoms with Gasteiger partial charge in [-0.15, -0.1) is 0 Å². The highest BCUT2D eigenvalue weighted by molar-refractivity contribution is 5.80. The number of aromatic nitrogens is 2. The van der Waals surface area contributed by atoms with Crippen LogP contribution >= 0.6 is 0 Å². The number of benzene rings is 2. The van der Waals surface area contributed by atoms with Crippen molar-refractivity contribution < 1.29 is 9.18 Å². The molecule has 1 amide bonds. The SMILES string of the molecule is O=C(CCn1[nH]c(=O)c2ccccc2c1=O)N(Cc1ccccc1F)C1CC1. The Balaban J connectivity index is 1.52. The lowest BCUT2D eigenvalue weighted by Gasteiger charge is -2.23. The minimum absolute atomic E-state index is 0.0547. The van der Waals surface area contributed by atoms with E-state index < -0.39 is 0 Å². The molecule has 0 atom stereocenters. The molecule has 0 radical (unpaired) electrons. The van der Waals surface area contributed by atoms with Gasteiger partial charge in [0.15, 0.2) is 0 Å². The van der Waals surface area contributed by atoms with Crippen molar-refractivity contribution in [1.29, 1.82) is 0 Å². The van der Waals surface area contributed by atoms with Gasteiger partial charge < -0.3 is 4.90 Å². The van der Waals surface area contributed by atoms with Gasteiger partial charge in [0.05, 0.1) is 17.3 Å². The summed E-state index contributed by atoms with van der Waals surface area (Å²) in [6.07, 6.45) is 1.85. The van der Waals surface area contributed by atoms with Gasteiger partial charge in [-0.05, 0) is 31.0 Å². The van der Waals surface area contributed by atoms with Crippen LogP contribution in [0.15, 0.2) is 58.1 Å². The summed E-state index contributed by atoms with van der Waals surface area (Å²) in [6, 6.07) is 13.1. The van der Waals surface area contributed by atoms with Crippen molar-refractivity contribution >= 4 is 16.7 Å². The molecule has 0 saturated heterocycles. The van der Waals surface area contributed by atoms with E-state index in [0.29, 0.717) is 16.3 Å². The van der Waals surface area contributed by atoms with E-state index in [0.717, 1.165) is 12.8 Å². The number of hydrogen-bond donors (Lipinski definition) is 1. The van der Waals surface area contributed by atoms with Crippen LogP contribution in [-0.2, 0) is 17.9 Å². The molecule has 1 aromatic heterocycles. The van der Waals surface area contributed by atoms with Gasteiger partial charge in [0.1, 0.15) is 5.82 Å². The van der Waals surface area contributed by atoms with Crippen molar-refractivity contribution in [2.75, 3.05) is 0 Å². The molecule has 0 aliphatic heterocycles. The summed E-state index contributed by atoms with van der Waals surface area (Å²) < 4.78 is 15.1. The molecule has 1 N–H and O–H groups in total. The lowest BCUT2D eigenvalue weighted by Crippen LogP contribution is -2.36. The molecule has 3 aromatic rings. The van der Waals surface area contributed by atoms with Gasteiger partial charge in [-0.1, -0.05) is 30.3 Å². The van der Waals surface area contributed by atoms with Crippen molar-refractivity contribution in [2.45, 2.75) is 38.4 Å². The van der Waals surface area contributed by atoms with Crippen LogP contribution in [0, 0.1) is 5.82 Å². The monoisotopic (exact) mass is 381 g/mol. The first-order valence-corrected chi connectivity index (χ1v) is 9.29. The Kier molecular flexibility index (Phi) is 4.81. The zero-order valence-corrected chi connectivity index (χ0v) is 15.2. The second-order valence-corrected chi connectivity index (χ2v) is 7.04. The van der Waals surface area contributed by atoms with Gasteiger partial charge in [0.25, 0.3) is 11.1 Å². The topological polar surface area (TPSA) is 75.2 Å². The molecule has 7 heteroatoms. The van der Waals surface area contributed by atoms with E-state index in [9.17, 15) is 18.8 Å². The summed E-state index contributed by atoms with van der Waals surface area (Å²) >= 11 is 0. The molecular weight excluding hydrogens is 361 g/mol. The van der Waals surface area contributed by atoms with Crippen LogP contribution in [0.25, 0.3) is 10.8 Å². The maximum Gasteiger partial charge on any atom is 0.273 e. The number of hydrogen-bond acceptors (Lipinski definition) is 3. The summed E-state index contributed by atoms with van der Waals surface area (Å²) in [5.74, 6) is -0.498. The van der Waals surface area contributed by atoms with Gasteiger partial charge in [-0.2, -0.15) is 0 Å². The highest BCUT2D eigenvalue weighted by Gasteiger charge is 2.32. The Bertz CT molecular complexity index is 1150. The van der Waals surface area contributed by atoms with Gasteiger partial charge in [0.2, 0.25) is 5.91 Å². The van der Waals surface area contributed by atoms with E-state index >= 15 is 0 Å². The summed E-state index contributed by atoms with van der Waals surface area (Å²) in [6.45, 7) is 0.275. The number of nitrogens with zero attached hydrogens (tertiary/aromatic N) is 2. The zero-order valence-electron chi connectivity index (χ0n) is 15.2. The second-order valence-electron chi connectivity index (χ2n) is 7.04. The van der Waals surface area contributed by atoms with E-state index in [1.165, 1.54) is 10.7 Å². The van der Waals surface area contributed by atoms with Gasteiger partial charge >= 0.3 is 0 Å². The minimum atomic E-state index is -0.368. The molecule has 1 aliphatic carbocycles. The number of nitrogens with one attached hydrogen (secondary N) is 1. The van der Waals surface area contributed by atoms with Crippen molar-refractivity contribution in [1.82, 2.24) is 14.7 Å². The van der Waals surface area contributed by atoms with Gasteiger partial charge in [-0.3, -0.25) is 19.5 Å². The second kappa shape index (κ2) is 7.42. The lowest BCUT2D eigenvalue weighted by atomic mass is 10.2. The lowest BCUT2D eigenvalue weighted by molar-refractivity contribution is -0.132. The molecule has 2 aromatic carbocycles. The predicted molar refractivity (Wildman–Crippen MR) is 103 cm³/mol. The molecule has 1 fully saturated rings. The minimum Gasteiger partial charge on any atom is -0.335 e. The first kappa shape index (κ1) is 18.2. The number of fused-ring (bicyclic) bond motifs is 1. The normalized spacial score (nSPS) is 13.6. The molecule has 0 bridgehead atoms. The van der Waals surface area contributed by atoms with Crippen LogP contribution in [0.2, 0.25) is 0 Å². The van der Waals surface area contributed by atoms with Crippen molar-refractivity contribution in [3.63, 3.8) is 0 Å². The summed E-state index contributed by atoms with van der Waals surface area (Å²) in [7, 11) is 0. The molecule has 1 heterocycles. The number of carbonyl (C=O) groups excluding carboxylic acids is 1. The highest BCUT2D eigenvalue weighted by Crippen LogP contribution is 2.29. The number of amides is 1. The number of aromatic amines is 1. The van der Waals surface area contributed by atoms with E-state index in [1.54, 1.807) is 47.4 Å². The maximum atomic E-state index is 14.0. The highest BCUT2D eigenvalue weighted by atomic mass is 19.1. The number of halogens is 1. The third-order valence-electron chi connectivity index (χ3n) is 5.04. The Morgan fingerprint density at radius 2 is 1.75 bits per heavy atom. The van der Waals surface area contributed by atoms with Gasteiger partial charge in [0, 0.05) is 24.6 Å². The molecule has 1 aliphatic rings. The summed E-state index contributed by atoms with van der Waals surface area (Å²) in [5.41, 5.74) is -0.234. The van der Waals surface area contributed by atoms with Gasteiger partial charge in [-0.25, -0.2) is 9.07 Å².